The minimum absolute atomic E-state index is 0.135. The Labute approximate surface area is 239 Å². The Morgan fingerprint density at radius 3 is 1.76 bits per heavy atom. The molecule has 1 aliphatic heterocycles. The normalized spacial score (nSPS) is 25.3. The molecule has 2 aromatic rings. The van der Waals surface area contributed by atoms with Gasteiger partial charge in [0.2, 0.25) is 11.8 Å². The van der Waals surface area contributed by atoms with E-state index in [-0.39, 0.29) is 6.42 Å². The number of nitrogens with one attached hydrogen (secondary N) is 3. The van der Waals surface area contributed by atoms with Crippen LogP contribution in [0.2, 0.25) is 0 Å². The number of fused-ring (bicyclic) bond motifs is 1. The number of halogens is 4. The number of allylic oxidation sites excluding steroid dienone is 2. The summed E-state index contributed by atoms with van der Waals surface area (Å²) in [4.78, 5) is 38.1. The number of carboxylic acids is 1. The van der Waals surface area contributed by atoms with Crippen LogP contribution in [0.5, 0.6) is 0 Å². The average molecular weight is 595 g/mol. The van der Waals surface area contributed by atoms with Gasteiger partial charge in [-0.15, -0.1) is 23.2 Å². The third-order valence-electron chi connectivity index (χ3n) is 6.26. The molecule has 38 heavy (non-hydrogen) atoms. The van der Waals surface area contributed by atoms with Crippen LogP contribution in [0, 0.1) is 11.3 Å². The van der Waals surface area contributed by atoms with E-state index in [0.717, 1.165) is 0 Å². The summed E-state index contributed by atoms with van der Waals surface area (Å²) >= 11 is 26.2. The Bertz CT molecular complexity index is 1250. The van der Waals surface area contributed by atoms with E-state index in [9.17, 15) is 19.5 Å². The maximum absolute atomic E-state index is 12.8. The highest BCUT2D eigenvalue weighted by molar-refractivity contribution is 6.54. The van der Waals surface area contributed by atoms with E-state index in [1.165, 1.54) is 30.4 Å². The number of amides is 2. The maximum Gasteiger partial charge on any atom is 0.327 e. The van der Waals surface area contributed by atoms with Gasteiger partial charge in [-0.1, -0.05) is 71.8 Å². The van der Waals surface area contributed by atoms with Gasteiger partial charge in [0.15, 0.2) is 0 Å². The van der Waals surface area contributed by atoms with Crippen LogP contribution >= 0.6 is 46.4 Å². The smallest absolute Gasteiger partial charge is 0.327 e. The molecule has 2 aromatic carbocycles. The molecule has 0 bridgehead atoms. The van der Waals surface area contributed by atoms with Gasteiger partial charge >= 0.3 is 5.97 Å². The number of para-hydroxylation sites is 2. The minimum atomic E-state index is -1.66. The number of benzene rings is 2. The van der Waals surface area contributed by atoms with Crippen molar-refractivity contribution in [3.8, 4) is 0 Å². The van der Waals surface area contributed by atoms with E-state index in [2.05, 4.69) is 16.0 Å². The summed E-state index contributed by atoms with van der Waals surface area (Å²) in [7, 11) is 0. The van der Waals surface area contributed by atoms with Crippen molar-refractivity contribution in [1.82, 2.24) is 5.32 Å². The highest BCUT2D eigenvalue weighted by atomic mass is 35.5. The van der Waals surface area contributed by atoms with Gasteiger partial charge in [0, 0.05) is 47.0 Å². The monoisotopic (exact) mass is 593 g/mol. The number of anilines is 2. The van der Waals surface area contributed by atoms with Crippen molar-refractivity contribution in [3.05, 3.63) is 96.7 Å². The van der Waals surface area contributed by atoms with Crippen molar-refractivity contribution >= 4 is 75.6 Å². The first kappa shape index (κ1) is 28.0. The van der Waals surface area contributed by atoms with Crippen LogP contribution in [0.4, 0.5) is 11.4 Å². The maximum atomic E-state index is 12.8. The molecular weight excluding hydrogens is 572 g/mol. The van der Waals surface area contributed by atoms with Gasteiger partial charge in [-0.05, 0) is 30.3 Å². The number of aliphatic carboxylic acids is 1. The molecule has 1 heterocycles. The van der Waals surface area contributed by atoms with Gasteiger partial charge < -0.3 is 21.1 Å². The number of carbonyl (C=O) groups excluding carboxylic acids is 2. The number of rotatable bonds is 7. The largest absolute Gasteiger partial charge is 0.480 e. The molecule has 4 N–H and O–H groups in total. The molecule has 7 nitrogen and oxygen atoms in total. The van der Waals surface area contributed by atoms with Crippen molar-refractivity contribution in [2.24, 2.45) is 11.3 Å². The molecule has 2 amide bonds. The van der Waals surface area contributed by atoms with Gasteiger partial charge in [-0.2, -0.15) is 0 Å². The standard InChI is InChI=1S/C27H23Cl4N3O4/c28-26(29)15-19-22(27(30,31)16-26)25(23(34-19)24(37)38,13-11-20(35)32-17-7-3-1-4-8-17)14-12-21(36)33-18-9-5-2-6-10-18/h1-15,22-23,34H,16H2,(H,32,35)(H,33,36)(H,37,38)/b13-11+,14-12?. The van der Waals surface area contributed by atoms with Crippen molar-refractivity contribution in [1.29, 1.82) is 0 Å². The molecular formula is C27H23Cl4N3O4. The third-order valence-corrected chi connectivity index (χ3v) is 7.45. The lowest BCUT2D eigenvalue weighted by Crippen LogP contribution is -2.48. The fourth-order valence-corrected chi connectivity index (χ4v) is 6.76. The molecule has 0 spiro atoms. The van der Waals surface area contributed by atoms with E-state index in [4.69, 9.17) is 46.4 Å². The van der Waals surface area contributed by atoms with Crippen LogP contribution in [-0.2, 0) is 14.4 Å². The number of hydrogen-bond donors (Lipinski definition) is 4. The summed E-state index contributed by atoms with van der Waals surface area (Å²) in [5.41, 5.74) is -0.178. The summed E-state index contributed by atoms with van der Waals surface area (Å²) in [6, 6.07) is 16.1. The second-order valence-corrected chi connectivity index (χ2v) is 12.1. The second-order valence-electron chi connectivity index (χ2n) is 9.02. The molecule has 1 aliphatic carbocycles. The lowest BCUT2D eigenvalue weighted by Gasteiger charge is -2.43. The first-order valence-electron chi connectivity index (χ1n) is 11.5. The Kier molecular flexibility index (Phi) is 8.14. The number of hydrogen-bond acceptors (Lipinski definition) is 4. The van der Waals surface area contributed by atoms with Crippen molar-refractivity contribution in [2.75, 3.05) is 10.6 Å². The van der Waals surface area contributed by atoms with Crippen molar-refractivity contribution in [2.45, 2.75) is 21.1 Å². The van der Waals surface area contributed by atoms with Crippen LogP contribution < -0.4 is 16.0 Å². The lowest BCUT2D eigenvalue weighted by molar-refractivity contribution is -0.141. The minimum Gasteiger partial charge on any atom is -0.480 e. The Morgan fingerprint density at radius 1 is 0.842 bits per heavy atom. The van der Waals surface area contributed by atoms with Gasteiger partial charge in [0.05, 0.1) is 0 Å². The molecule has 0 radical (unpaired) electrons. The van der Waals surface area contributed by atoms with Gasteiger partial charge in [-0.25, -0.2) is 4.79 Å². The van der Waals surface area contributed by atoms with Gasteiger partial charge in [0.25, 0.3) is 0 Å². The van der Waals surface area contributed by atoms with Crippen molar-refractivity contribution in [3.63, 3.8) is 0 Å². The zero-order valence-electron chi connectivity index (χ0n) is 19.7. The molecule has 1 fully saturated rings. The lowest BCUT2D eigenvalue weighted by atomic mass is 9.68. The number of carboxylic acid groups (broad SMARTS) is 1. The van der Waals surface area contributed by atoms with E-state index < -0.39 is 43.8 Å². The summed E-state index contributed by atoms with van der Waals surface area (Å²) in [5, 5.41) is 18.5. The predicted molar refractivity (Wildman–Crippen MR) is 150 cm³/mol. The Hall–Kier alpha value is -2.97. The number of alkyl halides is 4. The molecule has 198 valence electrons. The fourth-order valence-electron chi connectivity index (χ4n) is 4.79. The average Bonchev–Trinajstić information content (AvgIpc) is 3.17. The molecule has 3 unspecified atom stereocenters. The molecule has 1 saturated heterocycles. The number of carbonyl (C=O) groups is 3. The van der Waals surface area contributed by atoms with Gasteiger partial charge in [-0.3, -0.25) is 9.59 Å². The summed E-state index contributed by atoms with van der Waals surface area (Å²) < 4.78 is -3.13. The zero-order chi connectivity index (χ0) is 27.6. The fraction of sp³-hybridized carbons (Fsp3) is 0.222. The second kappa shape index (κ2) is 11.0. The van der Waals surface area contributed by atoms with E-state index in [0.29, 0.717) is 17.1 Å². The Balaban J connectivity index is 1.77. The van der Waals surface area contributed by atoms with Gasteiger partial charge in [0.1, 0.15) is 14.7 Å². The SMILES string of the molecule is O=C(C=CC1(/C=C/C(=O)Nc2ccccc2)C(C(=O)O)NC2=CC(Cl)(Cl)CC(Cl)(Cl)C21)Nc1ccccc1. The first-order valence-corrected chi connectivity index (χ1v) is 13.0. The predicted octanol–water partition coefficient (Wildman–Crippen LogP) is 5.67. The molecule has 0 aromatic heterocycles. The van der Waals surface area contributed by atoms with Crippen LogP contribution in [-0.4, -0.2) is 37.6 Å². The van der Waals surface area contributed by atoms with E-state index >= 15 is 0 Å². The highest BCUT2D eigenvalue weighted by Gasteiger charge is 2.63. The molecule has 2 aliphatic rings. The van der Waals surface area contributed by atoms with Crippen LogP contribution in [0.3, 0.4) is 0 Å². The first-order chi connectivity index (χ1) is 17.9. The van der Waals surface area contributed by atoms with Crippen molar-refractivity contribution < 1.29 is 19.5 Å². The third kappa shape index (κ3) is 6.18. The van der Waals surface area contributed by atoms with Crippen LogP contribution in [0.1, 0.15) is 6.42 Å². The van der Waals surface area contributed by atoms with Crippen LogP contribution in [0.15, 0.2) is 96.7 Å². The summed E-state index contributed by atoms with van der Waals surface area (Å²) in [6.07, 6.45) is 6.50. The Morgan fingerprint density at radius 2 is 1.32 bits per heavy atom. The zero-order valence-corrected chi connectivity index (χ0v) is 22.7. The quantitative estimate of drug-likeness (QED) is 0.244. The summed E-state index contributed by atoms with van der Waals surface area (Å²) in [6.45, 7) is 0. The van der Waals surface area contributed by atoms with E-state index in [1.54, 1.807) is 60.7 Å². The topological polar surface area (TPSA) is 108 Å². The van der Waals surface area contributed by atoms with Crippen LogP contribution in [0.25, 0.3) is 0 Å². The molecule has 11 heteroatoms. The molecule has 0 saturated carbocycles. The highest BCUT2D eigenvalue weighted by Crippen LogP contribution is 2.60. The summed E-state index contributed by atoms with van der Waals surface area (Å²) in [5.74, 6) is -3.24. The molecule has 3 atom stereocenters. The van der Waals surface area contributed by atoms with E-state index in [1.807, 2.05) is 0 Å². The molecule has 4 rings (SSSR count).